The maximum atomic E-state index is 9.67. The third-order valence-corrected chi connectivity index (χ3v) is 5.17. The summed E-state index contributed by atoms with van der Waals surface area (Å²) in [6, 6.07) is 0.517. The van der Waals surface area contributed by atoms with E-state index in [9.17, 15) is 5.11 Å². The second-order valence-electron chi connectivity index (χ2n) is 6.22. The predicted molar refractivity (Wildman–Crippen MR) is 73.7 cm³/mol. The van der Waals surface area contributed by atoms with Crippen molar-refractivity contribution in [1.82, 2.24) is 5.32 Å². The smallest absolute Gasteiger partial charge is 0.0697 e. The summed E-state index contributed by atoms with van der Waals surface area (Å²) in [6.45, 7) is 5.45. The fraction of sp³-hybridized carbons (Fsp3) is 1.00. The Morgan fingerprint density at radius 3 is 2.50 bits per heavy atom. The molecule has 0 aromatic heterocycles. The van der Waals surface area contributed by atoms with Crippen molar-refractivity contribution in [1.29, 1.82) is 0 Å². The highest BCUT2D eigenvalue weighted by Crippen LogP contribution is 2.40. The van der Waals surface area contributed by atoms with E-state index in [1.54, 1.807) is 0 Å². The van der Waals surface area contributed by atoms with Gasteiger partial charge in [0.2, 0.25) is 0 Å². The van der Waals surface area contributed by atoms with Gasteiger partial charge in [0.1, 0.15) is 0 Å². The van der Waals surface area contributed by atoms with Crippen molar-refractivity contribution in [3.8, 4) is 0 Å². The zero-order chi connectivity index (χ0) is 13.1. The quantitative estimate of drug-likeness (QED) is 0.793. The topological polar surface area (TPSA) is 41.5 Å². The van der Waals surface area contributed by atoms with Crippen LogP contribution in [0.3, 0.4) is 0 Å². The molecule has 2 rings (SSSR count). The van der Waals surface area contributed by atoms with E-state index < -0.39 is 0 Å². The van der Waals surface area contributed by atoms with Gasteiger partial charge in [0.15, 0.2) is 0 Å². The van der Waals surface area contributed by atoms with E-state index in [2.05, 4.69) is 19.2 Å². The van der Waals surface area contributed by atoms with Gasteiger partial charge in [-0.1, -0.05) is 26.7 Å². The Bertz CT molecular complexity index is 249. The number of rotatable bonds is 5. The summed E-state index contributed by atoms with van der Waals surface area (Å²) < 4.78 is 6.07. The molecule has 1 unspecified atom stereocenters. The van der Waals surface area contributed by atoms with Crippen molar-refractivity contribution < 1.29 is 9.84 Å². The van der Waals surface area contributed by atoms with E-state index in [4.69, 9.17) is 4.74 Å². The molecular formula is C15H29NO2. The van der Waals surface area contributed by atoms with Gasteiger partial charge in [-0.15, -0.1) is 0 Å². The molecule has 3 nitrogen and oxygen atoms in total. The second-order valence-corrected chi connectivity index (χ2v) is 6.22. The molecule has 0 radical (unpaired) electrons. The first-order valence-electron chi connectivity index (χ1n) is 7.70. The first-order valence-corrected chi connectivity index (χ1v) is 7.70. The van der Waals surface area contributed by atoms with Crippen LogP contribution >= 0.6 is 0 Å². The van der Waals surface area contributed by atoms with Crippen LogP contribution in [0.15, 0.2) is 0 Å². The fourth-order valence-corrected chi connectivity index (χ4v) is 3.68. The summed E-state index contributed by atoms with van der Waals surface area (Å²) in [5.74, 6) is 0. The molecular weight excluding hydrogens is 226 g/mol. The van der Waals surface area contributed by atoms with Gasteiger partial charge in [0.25, 0.3) is 0 Å². The van der Waals surface area contributed by atoms with Crippen LogP contribution in [0, 0.1) is 0 Å². The molecule has 0 aromatic rings. The molecule has 1 aliphatic heterocycles. The lowest BCUT2D eigenvalue weighted by molar-refractivity contribution is -0.0884. The lowest BCUT2D eigenvalue weighted by Crippen LogP contribution is -2.56. The van der Waals surface area contributed by atoms with E-state index >= 15 is 0 Å². The van der Waals surface area contributed by atoms with Crippen molar-refractivity contribution in [3.63, 3.8) is 0 Å². The molecule has 1 saturated carbocycles. The minimum Gasteiger partial charge on any atom is -0.394 e. The third-order valence-electron chi connectivity index (χ3n) is 5.17. The van der Waals surface area contributed by atoms with Crippen LogP contribution in [0.4, 0.5) is 0 Å². The molecule has 1 atom stereocenters. The van der Waals surface area contributed by atoms with E-state index in [-0.39, 0.29) is 17.7 Å². The number of hydrogen-bond acceptors (Lipinski definition) is 3. The summed E-state index contributed by atoms with van der Waals surface area (Å²) in [5.41, 5.74) is 0.0837. The number of hydrogen-bond donors (Lipinski definition) is 2. The standard InChI is InChI=1S/C15H29NO2/c1-3-14(4-2,12-17)16-13-7-10-18-15(11-13)8-5-6-9-15/h13,16-17H,3-12H2,1-2H3. The first kappa shape index (κ1) is 14.3. The lowest BCUT2D eigenvalue weighted by atomic mass is 9.85. The molecule has 2 aliphatic rings. The van der Waals surface area contributed by atoms with E-state index in [1.807, 2.05) is 0 Å². The van der Waals surface area contributed by atoms with Crippen molar-refractivity contribution in [2.75, 3.05) is 13.2 Å². The molecule has 1 spiro atoms. The lowest BCUT2D eigenvalue weighted by Gasteiger charge is -2.43. The highest BCUT2D eigenvalue weighted by atomic mass is 16.5. The first-order chi connectivity index (χ1) is 8.67. The minimum atomic E-state index is -0.0815. The highest BCUT2D eigenvalue weighted by Gasteiger charge is 2.41. The van der Waals surface area contributed by atoms with Gasteiger partial charge >= 0.3 is 0 Å². The van der Waals surface area contributed by atoms with Gasteiger partial charge in [0.05, 0.1) is 12.2 Å². The summed E-state index contributed by atoms with van der Waals surface area (Å²) >= 11 is 0. The summed E-state index contributed by atoms with van der Waals surface area (Å²) in [6.07, 6.45) is 9.30. The van der Waals surface area contributed by atoms with Crippen LogP contribution in [0.5, 0.6) is 0 Å². The second kappa shape index (κ2) is 5.89. The van der Waals surface area contributed by atoms with E-state index in [0.717, 1.165) is 32.3 Å². The largest absolute Gasteiger partial charge is 0.394 e. The van der Waals surface area contributed by atoms with Gasteiger partial charge in [-0.3, -0.25) is 0 Å². The minimum absolute atomic E-state index is 0.0815. The highest BCUT2D eigenvalue weighted by molar-refractivity contribution is 4.97. The van der Waals surface area contributed by atoms with Crippen LogP contribution in [0.1, 0.15) is 65.2 Å². The van der Waals surface area contributed by atoms with Crippen LogP contribution in [-0.4, -0.2) is 35.5 Å². The predicted octanol–water partition coefficient (Wildman–Crippen LogP) is 2.62. The van der Waals surface area contributed by atoms with Crippen molar-refractivity contribution in [2.24, 2.45) is 0 Å². The Hall–Kier alpha value is -0.120. The Balaban J connectivity index is 1.96. The Kier molecular flexibility index (Phi) is 4.68. The molecule has 1 saturated heterocycles. The third kappa shape index (κ3) is 2.89. The summed E-state index contributed by atoms with van der Waals surface area (Å²) in [5, 5.41) is 13.4. The van der Waals surface area contributed by atoms with Crippen LogP contribution in [0.2, 0.25) is 0 Å². The Morgan fingerprint density at radius 1 is 1.28 bits per heavy atom. The number of aliphatic hydroxyl groups excluding tert-OH is 1. The molecule has 0 amide bonds. The van der Waals surface area contributed by atoms with Crippen molar-refractivity contribution in [3.05, 3.63) is 0 Å². The molecule has 2 fully saturated rings. The fourth-order valence-electron chi connectivity index (χ4n) is 3.68. The molecule has 1 heterocycles. The number of ether oxygens (including phenoxy) is 1. The molecule has 0 bridgehead atoms. The summed E-state index contributed by atoms with van der Waals surface area (Å²) in [7, 11) is 0. The Morgan fingerprint density at radius 2 is 1.94 bits per heavy atom. The average molecular weight is 255 g/mol. The van der Waals surface area contributed by atoms with E-state index in [1.165, 1.54) is 25.7 Å². The van der Waals surface area contributed by atoms with Crippen LogP contribution in [-0.2, 0) is 4.74 Å². The maximum Gasteiger partial charge on any atom is 0.0697 e. The normalized spacial score (nSPS) is 27.8. The molecule has 2 N–H and O–H groups in total. The number of aliphatic hydroxyl groups is 1. The van der Waals surface area contributed by atoms with Gasteiger partial charge in [-0.2, -0.15) is 0 Å². The monoisotopic (exact) mass is 255 g/mol. The zero-order valence-electron chi connectivity index (χ0n) is 12.0. The average Bonchev–Trinajstić information content (AvgIpc) is 2.84. The molecule has 18 heavy (non-hydrogen) atoms. The van der Waals surface area contributed by atoms with Gasteiger partial charge in [-0.05, 0) is 38.5 Å². The molecule has 0 aromatic carbocycles. The van der Waals surface area contributed by atoms with Crippen molar-refractivity contribution >= 4 is 0 Å². The summed E-state index contributed by atoms with van der Waals surface area (Å²) in [4.78, 5) is 0. The molecule has 3 heteroatoms. The number of nitrogens with one attached hydrogen (secondary N) is 1. The van der Waals surface area contributed by atoms with Gasteiger partial charge in [-0.25, -0.2) is 0 Å². The van der Waals surface area contributed by atoms with Gasteiger partial charge < -0.3 is 15.2 Å². The van der Waals surface area contributed by atoms with E-state index in [0.29, 0.717) is 6.04 Å². The van der Waals surface area contributed by atoms with Gasteiger partial charge in [0, 0.05) is 18.2 Å². The van der Waals surface area contributed by atoms with Crippen molar-refractivity contribution in [2.45, 2.75) is 82.4 Å². The zero-order valence-corrected chi connectivity index (χ0v) is 12.0. The van der Waals surface area contributed by atoms with Crippen LogP contribution < -0.4 is 5.32 Å². The molecule has 106 valence electrons. The maximum absolute atomic E-state index is 9.67. The van der Waals surface area contributed by atoms with Crippen LogP contribution in [0.25, 0.3) is 0 Å². The molecule has 1 aliphatic carbocycles. The SMILES string of the molecule is CCC(CC)(CO)NC1CCOC2(CCCC2)C1. The Labute approximate surface area is 111 Å².